The van der Waals surface area contributed by atoms with Gasteiger partial charge in [0, 0.05) is 40.7 Å². The van der Waals surface area contributed by atoms with Crippen LogP contribution in [0.5, 0.6) is 0 Å². The van der Waals surface area contributed by atoms with Crippen molar-refractivity contribution in [2.75, 3.05) is 5.32 Å². The number of halogens is 4. The maximum absolute atomic E-state index is 14.7. The van der Waals surface area contributed by atoms with Gasteiger partial charge in [0.25, 0.3) is 5.91 Å². The molecule has 2 unspecified atom stereocenters. The fourth-order valence-electron chi connectivity index (χ4n) is 4.27. The second-order valence-corrected chi connectivity index (χ2v) is 9.76. The number of rotatable bonds is 5. The lowest BCUT2D eigenvalue weighted by Crippen LogP contribution is -2.41. The van der Waals surface area contributed by atoms with Crippen molar-refractivity contribution in [3.8, 4) is 11.3 Å². The maximum atomic E-state index is 14.7. The molecular weight excluding hydrogens is 487 g/mol. The van der Waals surface area contributed by atoms with Crippen LogP contribution in [-0.4, -0.2) is 32.9 Å². The molecule has 1 fully saturated rings. The summed E-state index contributed by atoms with van der Waals surface area (Å²) in [6.45, 7) is 0. The summed E-state index contributed by atoms with van der Waals surface area (Å²) in [6.07, 6.45) is 5.42. The molecule has 5 rings (SSSR count). The highest BCUT2D eigenvalue weighted by Crippen LogP contribution is 2.32. The van der Waals surface area contributed by atoms with E-state index in [2.05, 4.69) is 25.6 Å². The zero-order valence-electron chi connectivity index (χ0n) is 17.7. The molecule has 0 bridgehead atoms. The van der Waals surface area contributed by atoms with Gasteiger partial charge in [0.15, 0.2) is 17.5 Å². The molecule has 0 saturated heterocycles. The van der Waals surface area contributed by atoms with E-state index >= 15 is 0 Å². The molecule has 0 spiro atoms. The van der Waals surface area contributed by atoms with Crippen molar-refractivity contribution in [3.05, 3.63) is 63.3 Å². The van der Waals surface area contributed by atoms with E-state index in [1.807, 2.05) is 0 Å². The quantitative estimate of drug-likeness (QED) is 0.315. The molecule has 34 heavy (non-hydrogen) atoms. The number of aromatic nitrogens is 3. The molecule has 0 aromatic carbocycles. The molecule has 6 nitrogen and oxygen atoms in total. The maximum Gasteiger partial charge on any atom is 0.252 e. The van der Waals surface area contributed by atoms with Gasteiger partial charge in [0.2, 0.25) is 0 Å². The minimum absolute atomic E-state index is 0.100. The molecule has 1 aliphatic rings. The number of fused-ring (bicyclic) bond motifs is 1. The second kappa shape index (κ2) is 9.27. The fourth-order valence-corrected chi connectivity index (χ4v) is 5.13. The molecule has 176 valence electrons. The number of thiophene rings is 1. The molecule has 0 aliphatic heterocycles. The Hall–Kier alpha value is -3.11. The van der Waals surface area contributed by atoms with E-state index in [1.165, 1.54) is 23.6 Å². The predicted molar refractivity (Wildman–Crippen MR) is 126 cm³/mol. The van der Waals surface area contributed by atoms with E-state index in [1.54, 1.807) is 11.4 Å². The van der Waals surface area contributed by atoms with Crippen LogP contribution in [0.1, 0.15) is 36.0 Å². The van der Waals surface area contributed by atoms with Crippen LogP contribution in [0.2, 0.25) is 4.34 Å². The van der Waals surface area contributed by atoms with Crippen molar-refractivity contribution in [2.45, 2.75) is 37.8 Å². The number of hydrogen-bond donors (Lipinski definition) is 3. The lowest BCUT2D eigenvalue weighted by molar-refractivity contribution is 0.0927. The average Bonchev–Trinajstić information content (AvgIpc) is 3.42. The first-order chi connectivity index (χ1) is 16.4. The first-order valence-electron chi connectivity index (χ1n) is 10.7. The summed E-state index contributed by atoms with van der Waals surface area (Å²) in [4.78, 5) is 23.4. The molecule has 0 radical (unpaired) electrons. The molecule has 2 atom stereocenters. The summed E-state index contributed by atoms with van der Waals surface area (Å²) in [5, 5.41) is 8.10. The molecule has 11 heteroatoms. The van der Waals surface area contributed by atoms with Crippen LogP contribution in [0.25, 0.3) is 22.3 Å². The van der Waals surface area contributed by atoms with Gasteiger partial charge in [0.05, 0.1) is 16.1 Å². The third kappa shape index (κ3) is 4.60. The average molecular weight is 506 g/mol. The standard InChI is InChI=1S/C23H19ClF3N5OS/c24-19-4-11(10-34-19)23(33)31-14-3-1-2-13(6-14)30-22-18(27)7-17(26)20(32-22)16-9-29-21-15(16)5-12(25)8-28-21/h4-5,7-10,13-14H,1-3,6H2,(H,28,29)(H,30,32)(H,31,33). The van der Waals surface area contributed by atoms with Crippen LogP contribution in [0.4, 0.5) is 19.0 Å². The van der Waals surface area contributed by atoms with Crippen LogP contribution in [0.3, 0.4) is 0 Å². The first-order valence-corrected chi connectivity index (χ1v) is 11.9. The topological polar surface area (TPSA) is 82.7 Å². The molecule has 1 aliphatic carbocycles. The van der Waals surface area contributed by atoms with E-state index in [0.29, 0.717) is 27.4 Å². The molecule has 4 aromatic heterocycles. The minimum Gasteiger partial charge on any atom is -0.365 e. The van der Waals surface area contributed by atoms with Crippen LogP contribution in [-0.2, 0) is 0 Å². The van der Waals surface area contributed by atoms with Crippen molar-refractivity contribution in [1.29, 1.82) is 0 Å². The number of hydrogen-bond acceptors (Lipinski definition) is 5. The van der Waals surface area contributed by atoms with Gasteiger partial charge in [-0.2, -0.15) is 0 Å². The number of carbonyl (C=O) groups excluding carboxylic acids is 1. The fraction of sp³-hybridized carbons (Fsp3) is 0.261. The molecule has 4 aromatic rings. The Bertz CT molecular complexity index is 1370. The normalized spacial score (nSPS) is 18.2. The predicted octanol–water partition coefficient (Wildman–Crippen LogP) is 5.91. The minimum atomic E-state index is -0.864. The molecule has 1 amide bonds. The Morgan fingerprint density at radius 2 is 1.97 bits per heavy atom. The van der Waals surface area contributed by atoms with Crippen LogP contribution in [0.15, 0.2) is 36.0 Å². The van der Waals surface area contributed by atoms with Gasteiger partial charge in [-0.25, -0.2) is 23.1 Å². The zero-order chi connectivity index (χ0) is 23.8. The van der Waals surface area contributed by atoms with Crippen LogP contribution >= 0.6 is 22.9 Å². The van der Waals surface area contributed by atoms with E-state index in [-0.39, 0.29) is 35.1 Å². The third-order valence-electron chi connectivity index (χ3n) is 5.86. The third-order valence-corrected chi connectivity index (χ3v) is 6.95. The number of amides is 1. The Balaban J connectivity index is 1.35. The Kier molecular flexibility index (Phi) is 6.18. The van der Waals surface area contributed by atoms with Crippen LogP contribution < -0.4 is 10.6 Å². The summed E-state index contributed by atoms with van der Waals surface area (Å²) < 4.78 is 43.5. The van der Waals surface area contributed by atoms with Gasteiger partial charge in [-0.15, -0.1) is 11.3 Å². The van der Waals surface area contributed by atoms with Gasteiger partial charge in [-0.3, -0.25) is 4.79 Å². The van der Waals surface area contributed by atoms with Crippen LogP contribution in [0, 0.1) is 17.5 Å². The van der Waals surface area contributed by atoms with Crippen molar-refractivity contribution >= 4 is 45.7 Å². The van der Waals surface area contributed by atoms with Gasteiger partial charge in [-0.1, -0.05) is 11.6 Å². The lowest BCUT2D eigenvalue weighted by atomic mass is 9.90. The van der Waals surface area contributed by atoms with Crippen molar-refractivity contribution < 1.29 is 18.0 Å². The molecule has 4 heterocycles. The summed E-state index contributed by atoms with van der Waals surface area (Å²) in [5.41, 5.74) is 1.04. The number of pyridine rings is 2. The zero-order valence-corrected chi connectivity index (χ0v) is 19.2. The Labute approximate surface area is 201 Å². The number of aromatic amines is 1. The highest BCUT2D eigenvalue weighted by Gasteiger charge is 2.26. The monoisotopic (exact) mass is 505 g/mol. The Morgan fingerprint density at radius 3 is 2.76 bits per heavy atom. The summed E-state index contributed by atoms with van der Waals surface area (Å²) in [6, 6.07) is 3.32. The van der Waals surface area contributed by atoms with Gasteiger partial charge >= 0.3 is 0 Å². The van der Waals surface area contributed by atoms with E-state index < -0.39 is 17.5 Å². The van der Waals surface area contributed by atoms with Gasteiger partial charge < -0.3 is 15.6 Å². The molecular formula is C23H19ClF3N5OS. The summed E-state index contributed by atoms with van der Waals surface area (Å²) in [5.74, 6) is -2.57. The molecule has 1 saturated carbocycles. The number of anilines is 1. The van der Waals surface area contributed by atoms with Crippen molar-refractivity contribution in [3.63, 3.8) is 0 Å². The second-order valence-electron chi connectivity index (χ2n) is 8.22. The number of nitrogens with one attached hydrogen (secondary N) is 3. The smallest absolute Gasteiger partial charge is 0.252 e. The van der Waals surface area contributed by atoms with Crippen molar-refractivity contribution in [1.82, 2.24) is 20.3 Å². The Morgan fingerprint density at radius 1 is 1.15 bits per heavy atom. The van der Waals surface area contributed by atoms with E-state index in [9.17, 15) is 18.0 Å². The highest BCUT2D eigenvalue weighted by atomic mass is 35.5. The first kappa shape index (κ1) is 22.7. The number of carbonyl (C=O) groups is 1. The van der Waals surface area contributed by atoms with Crippen molar-refractivity contribution in [2.24, 2.45) is 0 Å². The van der Waals surface area contributed by atoms with E-state index in [0.717, 1.165) is 31.5 Å². The van der Waals surface area contributed by atoms with Gasteiger partial charge in [0.1, 0.15) is 17.2 Å². The molecule has 3 N–H and O–H groups in total. The largest absolute Gasteiger partial charge is 0.365 e. The van der Waals surface area contributed by atoms with Gasteiger partial charge in [-0.05, 0) is 37.8 Å². The lowest BCUT2D eigenvalue weighted by Gasteiger charge is -2.30. The highest BCUT2D eigenvalue weighted by molar-refractivity contribution is 7.14. The number of H-pyrrole nitrogens is 1. The SMILES string of the molecule is O=C(NC1CCCC(Nc2nc(-c3c[nH]c4ncc(F)cc34)c(F)cc2F)C1)c1csc(Cl)c1. The van der Waals surface area contributed by atoms with E-state index in [4.69, 9.17) is 11.6 Å². The summed E-state index contributed by atoms with van der Waals surface area (Å²) >= 11 is 7.20. The number of nitrogens with zero attached hydrogens (tertiary/aromatic N) is 2. The summed E-state index contributed by atoms with van der Waals surface area (Å²) in [7, 11) is 0.